The summed E-state index contributed by atoms with van der Waals surface area (Å²) in [5.74, 6) is -2.13. The second-order valence-corrected chi connectivity index (χ2v) is 5.24. The number of carbonyl (C=O) groups excluding carboxylic acids is 3. The van der Waals surface area contributed by atoms with Crippen molar-refractivity contribution >= 4 is 17.7 Å². The van der Waals surface area contributed by atoms with E-state index in [4.69, 9.17) is 0 Å². The number of carbonyl (C=O) groups is 3. The zero-order valence-corrected chi connectivity index (χ0v) is 11.2. The number of hydrogen-bond acceptors (Lipinski definition) is 4. The molecule has 0 spiro atoms. The van der Waals surface area contributed by atoms with Gasteiger partial charge in [-0.25, -0.2) is 4.39 Å². The van der Waals surface area contributed by atoms with Gasteiger partial charge in [0.25, 0.3) is 11.8 Å². The molecule has 0 saturated carbocycles. The van der Waals surface area contributed by atoms with E-state index in [-0.39, 0.29) is 29.9 Å². The Morgan fingerprint density at radius 2 is 2.00 bits per heavy atom. The average Bonchev–Trinajstić information content (AvgIpc) is 2.63. The average molecular weight is 292 g/mol. The number of nitrogens with one attached hydrogen (secondary N) is 1. The molecule has 2 aliphatic heterocycles. The third-order valence-corrected chi connectivity index (χ3v) is 3.85. The zero-order chi connectivity index (χ0) is 15.3. The molecule has 1 aromatic carbocycles. The summed E-state index contributed by atoms with van der Waals surface area (Å²) < 4.78 is 13.4. The topological polar surface area (TPSA) is 86.7 Å². The van der Waals surface area contributed by atoms with Crippen molar-refractivity contribution in [3.8, 4) is 0 Å². The Morgan fingerprint density at radius 1 is 1.29 bits per heavy atom. The first-order valence-electron chi connectivity index (χ1n) is 6.55. The lowest BCUT2D eigenvalue weighted by Gasteiger charge is -2.33. The van der Waals surface area contributed by atoms with Crippen LogP contribution in [0.5, 0.6) is 0 Å². The molecule has 3 amide bonds. The van der Waals surface area contributed by atoms with Crippen molar-refractivity contribution < 1.29 is 23.9 Å². The highest BCUT2D eigenvalue weighted by Gasteiger charge is 2.45. The standard InChI is InChI=1S/C14H13FN2O4/c1-6-4-7(15)5-8-11(6)14(21)17(13(8)20)9-2-3-10(18)16-12(9)19/h4-5,9,12,19H,2-3H2,1H3,(H,16,18). The molecule has 1 fully saturated rings. The zero-order valence-electron chi connectivity index (χ0n) is 11.2. The van der Waals surface area contributed by atoms with Gasteiger partial charge in [-0.3, -0.25) is 19.3 Å². The van der Waals surface area contributed by atoms with Crippen LogP contribution in [-0.4, -0.2) is 40.0 Å². The molecule has 2 aliphatic rings. The van der Waals surface area contributed by atoms with Gasteiger partial charge in [0, 0.05) is 6.42 Å². The van der Waals surface area contributed by atoms with E-state index in [0.29, 0.717) is 5.56 Å². The molecule has 2 unspecified atom stereocenters. The Labute approximate surface area is 119 Å². The summed E-state index contributed by atoms with van der Waals surface area (Å²) >= 11 is 0. The van der Waals surface area contributed by atoms with Crippen LogP contribution >= 0.6 is 0 Å². The van der Waals surface area contributed by atoms with E-state index in [0.717, 1.165) is 11.0 Å². The number of halogens is 1. The minimum Gasteiger partial charge on any atom is -0.372 e. The van der Waals surface area contributed by atoms with Gasteiger partial charge in [-0.2, -0.15) is 0 Å². The van der Waals surface area contributed by atoms with E-state index in [1.54, 1.807) is 6.92 Å². The summed E-state index contributed by atoms with van der Waals surface area (Å²) in [6, 6.07) is 1.38. The molecule has 2 atom stereocenters. The van der Waals surface area contributed by atoms with Crippen LogP contribution in [-0.2, 0) is 4.79 Å². The van der Waals surface area contributed by atoms with Crippen molar-refractivity contribution in [2.45, 2.75) is 32.0 Å². The lowest BCUT2D eigenvalue weighted by atomic mass is 10.0. The normalized spacial score (nSPS) is 25.1. The fourth-order valence-corrected chi connectivity index (χ4v) is 2.88. The number of nitrogens with zero attached hydrogens (tertiary/aromatic N) is 1. The Bertz CT molecular complexity index is 673. The fraction of sp³-hybridized carbons (Fsp3) is 0.357. The summed E-state index contributed by atoms with van der Waals surface area (Å²) in [4.78, 5) is 36.9. The highest BCUT2D eigenvalue weighted by atomic mass is 19.1. The van der Waals surface area contributed by atoms with Gasteiger partial charge in [-0.15, -0.1) is 0 Å². The number of amides is 3. The summed E-state index contributed by atoms with van der Waals surface area (Å²) in [6.07, 6.45) is -1.01. The largest absolute Gasteiger partial charge is 0.372 e. The van der Waals surface area contributed by atoms with Crippen molar-refractivity contribution in [2.24, 2.45) is 0 Å². The lowest BCUT2D eigenvalue weighted by molar-refractivity contribution is -0.129. The molecular formula is C14H13FN2O4. The molecule has 0 radical (unpaired) electrons. The highest BCUT2D eigenvalue weighted by molar-refractivity contribution is 6.22. The second-order valence-electron chi connectivity index (χ2n) is 5.24. The summed E-state index contributed by atoms with van der Waals surface area (Å²) in [5.41, 5.74) is 0.535. The van der Waals surface area contributed by atoms with Crippen LogP contribution in [0.4, 0.5) is 4.39 Å². The minimum atomic E-state index is -1.31. The van der Waals surface area contributed by atoms with Crippen molar-refractivity contribution in [1.29, 1.82) is 0 Å². The fourth-order valence-electron chi connectivity index (χ4n) is 2.88. The molecule has 2 N–H and O–H groups in total. The second kappa shape index (κ2) is 4.63. The maximum atomic E-state index is 13.4. The van der Waals surface area contributed by atoms with Crippen LogP contribution < -0.4 is 5.32 Å². The van der Waals surface area contributed by atoms with E-state index in [1.165, 1.54) is 6.07 Å². The molecule has 0 bridgehead atoms. The van der Waals surface area contributed by atoms with Crippen LogP contribution in [0.3, 0.4) is 0 Å². The molecule has 6 nitrogen and oxygen atoms in total. The van der Waals surface area contributed by atoms with Gasteiger partial charge in [-0.05, 0) is 31.0 Å². The number of fused-ring (bicyclic) bond motifs is 1. The molecule has 0 aliphatic carbocycles. The van der Waals surface area contributed by atoms with Crippen LogP contribution in [0, 0.1) is 12.7 Å². The van der Waals surface area contributed by atoms with Crippen LogP contribution in [0.25, 0.3) is 0 Å². The van der Waals surface area contributed by atoms with Gasteiger partial charge < -0.3 is 10.4 Å². The van der Waals surface area contributed by atoms with E-state index < -0.39 is 29.9 Å². The van der Waals surface area contributed by atoms with Crippen molar-refractivity contribution in [2.75, 3.05) is 0 Å². The third-order valence-electron chi connectivity index (χ3n) is 3.85. The lowest BCUT2D eigenvalue weighted by Crippen LogP contribution is -2.57. The molecule has 1 aromatic rings. The van der Waals surface area contributed by atoms with Gasteiger partial charge in [0.2, 0.25) is 5.91 Å². The van der Waals surface area contributed by atoms with E-state index in [2.05, 4.69) is 5.32 Å². The molecule has 7 heteroatoms. The van der Waals surface area contributed by atoms with Gasteiger partial charge in [0.15, 0.2) is 0 Å². The molecule has 110 valence electrons. The van der Waals surface area contributed by atoms with Crippen LogP contribution in [0.15, 0.2) is 12.1 Å². The van der Waals surface area contributed by atoms with Crippen molar-refractivity contribution in [3.63, 3.8) is 0 Å². The molecule has 3 rings (SSSR count). The SMILES string of the molecule is Cc1cc(F)cc2c1C(=O)N(C1CCC(=O)NC1O)C2=O. The Morgan fingerprint density at radius 3 is 2.67 bits per heavy atom. The summed E-state index contributed by atoms with van der Waals surface area (Å²) in [7, 11) is 0. The first-order chi connectivity index (χ1) is 9.90. The monoisotopic (exact) mass is 292 g/mol. The van der Waals surface area contributed by atoms with Crippen LogP contribution in [0.2, 0.25) is 0 Å². The van der Waals surface area contributed by atoms with E-state index in [1.807, 2.05) is 0 Å². The number of aryl methyl sites for hydroxylation is 1. The molecule has 2 heterocycles. The quantitative estimate of drug-likeness (QED) is 0.730. The van der Waals surface area contributed by atoms with Crippen molar-refractivity contribution in [3.05, 3.63) is 34.6 Å². The molecule has 21 heavy (non-hydrogen) atoms. The number of aliphatic hydroxyl groups is 1. The number of rotatable bonds is 1. The number of imide groups is 1. The first kappa shape index (κ1) is 13.7. The summed E-state index contributed by atoms with van der Waals surface area (Å²) in [5, 5.41) is 12.2. The maximum Gasteiger partial charge on any atom is 0.262 e. The number of piperidine rings is 1. The van der Waals surface area contributed by atoms with Gasteiger partial charge in [0.05, 0.1) is 17.2 Å². The smallest absolute Gasteiger partial charge is 0.262 e. The third kappa shape index (κ3) is 2.01. The van der Waals surface area contributed by atoms with E-state index in [9.17, 15) is 23.9 Å². The maximum absolute atomic E-state index is 13.4. The summed E-state index contributed by atoms with van der Waals surface area (Å²) in [6.45, 7) is 1.55. The van der Waals surface area contributed by atoms with Crippen LogP contribution in [0.1, 0.15) is 39.1 Å². The van der Waals surface area contributed by atoms with E-state index >= 15 is 0 Å². The van der Waals surface area contributed by atoms with Gasteiger partial charge in [-0.1, -0.05) is 0 Å². The highest BCUT2D eigenvalue weighted by Crippen LogP contribution is 2.31. The molecular weight excluding hydrogens is 279 g/mol. The number of benzene rings is 1. The first-order valence-corrected chi connectivity index (χ1v) is 6.55. The number of aliphatic hydroxyl groups excluding tert-OH is 1. The Hall–Kier alpha value is -2.28. The predicted octanol–water partition coefficient (Wildman–Crippen LogP) is 0.327. The van der Waals surface area contributed by atoms with Crippen molar-refractivity contribution in [1.82, 2.24) is 10.2 Å². The number of hydrogen-bond donors (Lipinski definition) is 2. The van der Waals surface area contributed by atoms with Gasteiger partial charge in [0.1, 0.15) is 12.0 Å². The minimum absolute atomic E-state index is 0.00148. The Balaban J connectivity index is 2.00. The Kier molecular flexibility index (Phi) is 3.02. The van der Waals surface area contributed by atoms with Gasteiger partial charge >= 0.3 is 0 Å². The predicted molar refractivity (Wildman–Crippen MR) is 68.8 cm³/mol. The molecule has 1 saturated heterocycles. The molecule has 0 aromatic heterocycles.